The summed E-state index contributed by atoms with van der Waals surface area (Å²) >= 11 is 0. The van der Waals surface area contributed by atoms with Crippen molar-refractivity contribution in [3.05, 3.63) is 54.6 Å². The highest BCUT2D eigenvalue weighted by atomic mass is 16.5. The van der Waals surface area contributed by atoms with Crippen molar-refractivity contribution in [2.75, 3.05) is 11.9 Å². The summed E-state index contributed by atoms with van der Waals surface area (Å²) in [5.74, 6) is -0.132. The van der Waals surface area contributed by atoms with Crippen LogP contribution < -0.4 is 5.32 Å². The van der Waals surface area contributed by atoms with Crippen LogP contribution in [-0.2, 0) is 11.3 Å². The van der Waals surface area contributed by atoms with E-state index in [0.29, 0.717) is 11.3 Å². The van der Waals surface area contributed by atoms with Crippen LogP contribution in [0, 0.1) is 0 Å². The number of carbonyl (C=O) groups is 1. The van der Waals surface area contributed by atoms with Gasteiger partial charge in [0.05, 0.1) is 30.1 Å². The van der Waals surface area contributed by atoms with Gasteiger partial charge >= 0.3 is 0 Å². The molecule has 3 aromatic heterocycles. The lowest BCUT2D eigenvalue weighted by molar-refractivity contribution is 0.00401. The molecule has 1 amide bonds. The molecule has 4 heterocycles. The Bertz CT molecular complexity index is 812. The van der Waals surface area contributed by atoms with E-state index in [0.717, 1.165) is 31.5 Å². The van der Waals surface area contributed by atoms with Crippen molar-refractivity contribution in [3.8, 4) is 0 Å². The van der Waals surface area contributed by atoms with Gasteiger partial charge in [-0.3, -0.25) is 9.48 Å². The van der Waals surface area contributed by atoms with Crippen LogP contribution in [0.4, 0.5) is 5.69 Å². The Kier molecular flexibility index (Phi) is 4.04. The minimum absolute atomic E-state index is 0.132. The SMILES string of the molecule is O=C(Nc1cnn(CC2CCCCO2)c1)c1cc2ccccn2c1. The van der Waals surface area contributed by atoms with Crippen LogP contribution in [0.5, 0.6) is 0 Å². The molecule has 24 heavy (non-hydrogen) atoms. The molecule has 3 aromatic rings. The van der Waals surface area contributed by atoms with E-state index < -0.39 is 0 Å². The molecule has 1 atom stereocenters. The van der Waals surface area contributed by atoms with Crippen molar-refractivity contribution in [1.29, 1.82) is 0 Å². The molecule has 1 fully saturated rings. The van der Waals surface area contributed by atoms with Crippen LogP contribution in [0.3, 0.4) is 0 Å². The van der Waals surface area contributed by atoms with E-state index in [1.165, 1.54) is 6.42 Å². The number of rotatable bonds is 4. The number of anilines is 1. The van der Waals surface area contributed by atoms with Gasteiger partial charge in [0.15, 0.2) is 0 Å². The molecule has 0 aliphatic carbocycles. The second-order valence-corrected chi connectivity index (χ2v) is 6.16. The number of amides is 1. The third kappa shape index (κ3) is 3.19. The van der Waals surface area contributed by atoms with Gasteiger partial charge in [-0.05, 0) is 37.5 Å². The molecule has 1 N–H and O–H groups in total. The van der Waals surface area contributed by atoms with Crippen LogP contribution in [0.1, 0.15) is 29.6 Å². The number of hydrogen-bond acceptors (Lipinski definition) is 3. The maximum atomic E-state index is 12.4. The molecule has 1 unspecified atom stereocenters. The Morgan fingerprint density at radius 2 is 2.29 bits per heavy atom. The van der Waals surface area contributed by atoms with Gasteiger partial charge in [0.1, 0.15) is 0 Å². The third-order valence-corrected chi connectivity index (χ3v) is 4.32. The fraction of sp³-hybridized carbons (Fsp3) is 0.333. The third-order valence-electron chi connectivity index (χ3n) is 4.32. The minimum Gasteiger partial charge on any atom is -0.376 e. The summed E-state index contributed by atoms with van der Waals surface area (Å²) in [6.45, 7) is 1.56. The summed E-state index contributed by atoms with van der Waals surface area (Å²) in [6, 6.07) is 7.73. The Balaban J connectivity index is 1.42. The normalized spacial score (nSPS) is 17.9. The maximum Gasteiger partial charge on any atom is 0.257 e. The first kappa shape index (κ1) is 15.0. The van der Waals surface area contributed by atoms with E-state index in [9.17, 15) is 4.79 Å². The van der Waals surface area contributed by atoms with E-state index in [1.54, 1.807) is 6.20 Å². The predicted octanol–water partition coefficient (Wildman–Crippen LogP) is 2.96. The summed E-state index contributed by atoms with van der Waals surface area (Å²) in [7, 11) is 0. The maximum absolute atomic E-state index is 12.4. The van der Waals surface area contributed by atoms with Gasteiger partial charge in [-0.25, -0.2) is 0 Å². The monoisotopic (exact) mass is 324 g/mol. The Hall–Kier alpha value is -2.60. The quantitative estimate of drug-likeness (QED) is 0.802. The largest absolute Gasteiger partial charge is 0.376 e. The molecule has 1 aliphatic heterocycles. The topological polar surface area (TPSA) is 60.6 Å². The summed E-state index contributed by atoms with van der Waals surface area (Å²) in [6.07, 6.45) is 10.9. The van der Waals surface area contributed by atoms with E-state index in [2.05, 4.69) is 10.4 Å². The van der Waals surface area contributed by atoms with Crippen molar-refractivity contribution in [2.24, 2.45) is 0 Å². The number of carbonyl (C=O) groups excluding carboxylic acids is 1. The molecule has 0 radical (unpaired) electrons. The summed E-state index contributed by atoms with van der Waals surface area (Å²) < 4.78 is 9.49. The van der Waals surface area contributed by atoms with Crippen molar-refractivity contribution in [3.63, 3.8) is 0 Å². The lowest BCUT2D eigenvalue weighted by atomic mass is 10.1. The fourth-order valence-electron chi connectivity index (χ4n) is 3.07. The first-order chi connectivity index (χ1) is 11.8. The van der Waals surface area contributed by atoms with E-state index in [1.807, 2.05) is 51.9 Å². The number of hydrogen-bond donors (Lipinski definition) is 1. The first-order valence-electron chi connectivity index (χ1n) is 8.30. The number of fused-ring (bicyclic) bond motifs is 1. The smallest absolute Gasteiger partial charge is 0.257 e. The number of pyridine rings is 1. The molecule has 0 aromatic carbocycles. The van der Waals surface area contributed by atoms with Crippen LogP contribution in [0.15, 0.2) is 49.1 Å². The molecule has 1 aliphatic rings. The van der Waals surface area contributed by atoms with Gasteiger partial charge in [0.2, 0.25) is 0 Å². The lowest BCUT2D eigenvalue weighted by Gasteiger charge is -2.22. The van der Waals surface area contributed by atoms with Crippen LogP contribution in [0.25, 0.3) is 5.52 Å². The van der Waals surface area contributed by atoms with Crippen molar-refractivity contribution < 1.29 is 9.53 Å². The Morgan fingerprint density at radius 3 is 3.12 bits per heavy atom. The molecule has 124 valence electrons. The molecule has 6 nitrogen and oxygen atoms in total. The zero-order chi connectivity index (χ0) is 16.4. The fourth-order valence-corrected chi connectivity index (χ4v) is 3.07. The van der Waals surface area contributed by atoms with Crippen LogP contribution in [0.2, 0.25) is 0 Å². The second-order valence-electron chi connectivity index (χ2n) is 6.16. The van der Waals surface area contributed by atoms with E-state index >= 15 is 0 Å². The molecule has 0 saturated carbocycles. The van der Waals surface area contributed by atoms with Crippen molar-refractivity contribution in [1.82, 2.24) is 14.2 Å². The number of nitrogens with one attached hydrogen (secondary N) is 1. The van der Waals surface area contributed by atoms with E-state index in [4.69, 9.17) is 4.74 Å². The molecule has 0 spiro atoms. The minimum atomic E-state index is -0.132. The van der Waals surface area contributed by atoms with Gasteiger partial charge in [0.25, 0.3) is 5.91 Å². The number of aromatic nitrogens is 3. The standard InChI is InChI=1S/C18H20N4O2/c23-18(14-9-16-5-1-3-7-21(16)11-14)20-15-10-19-22(12-15)13-17-6-2-4-8-24-17/h1,3,5,7,9-12,17H,2,4,6,8,13H2,(H,20,23). The molecule has 6 heteroatoms. The highest BCUT2D eigenvalue weighted by Gasteiger charge is 2.15. The van der Waals surface area contributed by atoms with Crippen molar-refractivity contribution in [2.45, 2.75) is 31.9 Å². The Labute approximate surface area is 140 Å². The molecule has 1 saturated heterocycles. The van der Waals surface area contributed by atoms with Crippen LogP contribution in [-0.4, -0.2) is 32.8 Å². The average molecular weight is 324 g/mol. The van der Waals surface area contributed by atoms with Gasteiger partial charge in [-0.1, -0.05) is 6.07 Å². The van der Waals surface area contributed by atoms with Gasteiger partial charge in [0, 0.05) is 30.7 Å². The highest BCUT2D eigenvalue weighted by molar-refractivity contribution is 6.05. The average Bonchev–Trinajstić information content (AvgIpc) is 3.22. The summed E-state index contributed by atoms with van der Waals surface area (Å²) in [4.78, 5) is 12.4. The van der Waals surface area contributed by atoms with Crippen LogP contribution >= 0.6 is 0 Å². The molecule has 0 bridgehead atoms. The molecular weight excluding hydrogens is 304 g/mol. The molecular formula is C18H20N4O2. The zero-order valence-electron chi connectivity index (χ0n) is 13.4. The summed E-state index contributed by atoms with van der Waals surface area (Å²) in [5, 5.41) is 7.22. The number of nitrogens with zero attached hydrogens (tertiary/aromatic N) is 3. The van der Waals surface area contributed by atoms with Gasteiger partial charge < -0.3 is 14.5 Å². The first-order valence-corrected chi connectivity index (χ1v) is 8.30. The van der Waals surface area contributed by atoms with Crippen molar-refractivity contribution >= 4 is 17.1 Å². The van der Waals surface area contributed by atoms with Gasteiger partial charge in [-0.2, -0.15) is 5.10 Å². The predicted molar refractivity (Wildman–Crippen MR) is 91.2 cm³/mol. The highest BCUT2D eigenvalue weighted by Crippen LogP contribution is 2.16. The number of ether oxygens (including phenoxy) is 1. The Morgan fingerprint density at radius 1 is 1.33 bits per heavy atom. The summed E-state index contributed by atoms with van der Waals surface area (Å²) in [5.41, 5.74) is 2.32. The van der Waals surface area contributed by atoms with E-state index in [-0.39, 0.29) is 12.0 Å². The lowest BCUT2D eigenvalue weighted by Crippen LogP contribution is -2.24. The van der Waals surface area contributed by atoms with Gasteiger partial charge in [-0.15, -0.1) is 0 Å². The zero-order valence-corrected chi connectivity index (χ0v) is 13.4. The molecule has 4 rings (SSSR count). The second kappa shape index (κ2) is 6.49.